The molecule has 9 heteroatoms. The maximum absolute atomic E-state index is 12.0. The fourth-order valence-corrected chi connectivity index (χ4v) is 4.22. The SMILES string of the molecule is CCNC(=O)CSc1nnc(-c2ccc(OC)cc2)n1CCc1ccc(OCC)c(OCC)c1. The second-order valence-electron chi connectivity index (χ2n) is 7.33. The summed E-state index contributed by atoms with van der Waals surface area (Å²) in [6.07, 6.45) is 0.738. The van der Waals surface area contributed by atoms with E-state index in [0.29, 0.717) is 31.5 Å². The Labute approximate surface area is 205 Å². The number of aryl methyl sites for hydroxylation is 1. The third kappa shape index (κ3) is 6.66. The Bertz CT molecular complexity index is 1070. The second kappa shape index (κ2) is 12.9. The van der Waals surface area contributed by atoms with Gasteiger partial charge < -0.3 is 24.1 Å². The van der Waals surface area contributed by atoms with Crippen LogP contribution in [0.2, 0.25) is 0 Å². The van der Waals surface area contributed by atoms with E-state index in [9.17, 15) is 4.79 Å². The van der Waals surface area contributed by atoms with Gasteiger partial charge in [0, 0.05) is 18.7 Å². The summed E-state index contributed by atoms with van der Waals surface area (Å²) >= 11 is 1.38. The van der Waals surface area contributed by atoms with Gasteiger partial charge in [0.15, 0.2) is 22.5 Å². The van der Waals surface area contributed by atoms with E-state index in [0.717, 1.165) is 40.6 Å². The molecular weight excluding hydrogens is 452 g/mol. The molecule has 0 saturated heterocycles. The largest absolute Gasteiger partial charge is 0.497 e. The van der Waals surface area contributed by atoms with E-state index in [-0.39, 0.29) is 11.7 Å². The standard InChI is InChI=1S/C25H32N4O4S/c1-5-26-23(30)17-34-25-28-27-24(19-9-11-20(31-4)12-10-19)29(25)15-14-18-8-13-21(32-6-2)22(16-18)33-7-3/h8-13,16H,5-7,14-15,17H2,1-4H3,(H,26,30). The Balaban J connectivity index is 1.85. The molecule has 1 aromatic heterocycles. The average molecular weight is 485 g/mol. The Morgan fingerprint density at radius 1 is 1.00 bits per heavy atom. The number of aromatic nitrogens is 3. The van der Waals surface area contributed by atoms with E-state index in [1.807, 2.05) is 63.2 Å². The highest BCUT2D eigenvalue weighted by molar-refractivity contribution is 7.99. The summed E-state index contributed by atoms with van der Waals surface area (Å²) < 4.78 is 18.8. The number of rotatable bonds is 13. The number of nitrogens with zero attached hydrogens (tertiary/aromatic N) is 3. The number of thioether (sulfide) groups is 1. The predicted molar refractivity (Wildman–Crippen MR) is 134 cm³/mol. The summed E-state index contributed by atoms with van der Waals surface area (Å²) in [5, 5.41) is 12.3. The normalized spacial score (nSPS) is 10.7. The number of methoxy groups -OCH3 is 1. The van der Waals surface area contributed by atoms with Crippen molar-refractivity contribution >= 4 is 17.7 Å². The van der Waals surface area contributed by atoms with Crippen molar-refractivity contribution in [2.75, 3.05) is 32.6 Å². The fourth-order valence-electron chi connectivity index (χ4n) is 3.42. The minimum absolute atomic E-state index is 0.0269. The highest BCUT2D eigenvalue weighted by atomic mass is 32.2. The quantitative estimate of drug-likeness (QED) is 0.363. The van der Waals surface area contributed by atoms with Gasteiger partial charge in [0.2, 0.25) is 5.91 Å². The molecule has 2 aromatic carbocycles. The Morgan fingerprint density at radius 3 is 2.41 bits per heavy atom. The Kier molecular flexibility index (Phi) is 9.63. The van der Waals surface area contributed by atoms with E-state index in [2.05, 4.69) is 20.1 Å². The topological polar surface area (TPSA) is 87.5 Å². The van der Waals surface area contributed by atoms with Crippen LogP contribution in [0, 0.1) is 0 Å². The summed E-state index contributed by atoms with van der Waals surface area (Å²) in [6, 6.07) is 13.7. The van der Waals surface area contributed by atoms with Gasteiger partial charge in [-0.05, 0) is 69.2 Å². The van der Waals surface area contributed by atoms with Gasteiger partial charge in [-0.2, -0.15) is 0 Å². The number of ether oxygens (including phenoxy) is 3. The number of hydrogen-bond donors (Lipinski definition) is 1. The van der Waals surface area contributed by atoms with Gasteiger partial charge in [0.05, 0.1) is 26.1 Å². The van der Waals surface area contributed by atoms with Crippen LogP contribution < -0.4 is 19.5 Å². The second-order valence-corrected chi connectivity index (χ2v) is 8.27. The van der Waals surface area contributed by atoms with Crippen molar-refractivity contribution in [3.8, 4) is 28.6 Å². The minimum Gasteiger partial charge on any atom is -0.497 e. The molecule has 3 aromatic rings. The first kappa shape index (κ1) is 25.4. The van der Waals surface area contributed by atoms with Crippen molar-refractivity contribution in [2.45, 2.75) is 38.9 Å². The molecule has 0 aliphatic heterocycles. The van der Waals surface area contributed by atoms with E-state index in [1.165, 1.54) is 11.8 Å². The molecule has 0 unspecified atom stereocenters. The van der Waals surface area contributed by atoms with Crippen LogP contribution >= 0.6 is 11.8 Å². The highest BCUT2D eigenvalue weighted by Crippen LogP contribution is 2.30. The Hall–Kier alpha value is -3.20. The van der Waals surface area contributed by atoms with Crippen molar-refractivity contribution in [1.29, 1.82) is 0 Å². The zero-order chi connectivity index (χ0) is 24.3. The number of carbonyl (C=O) groups is 1. The highest BCUT2D eigenvalue weighted by Gasteiger charge is 2.16. The van der Waals surface area contributed by atoms with Gasteiger partial charge >= 0.3 is 0 Å². The third-order valence-electron chi connectivity index (χ3n) is 5.00. The summed E-state index contributed by atoms with van der Waals surface area (Å²) in [5.41, 5.74) is 2.04. The van der Waals surface area contributed by atoms with Crippen molar-refractivity contribution < 1.29 is 19.0 Å². The smallest absolute Gasteiger partial charge is 0.230 e. The molecule has 0 saturated carbocycles. The molecule has 34 heavy (non-hydrogen) atoms. The lowest BCUT2D eigenvalue weighted by molar-refractivity contribution is -0.118. The molecule has 182 valence electrons. The molecule has 0 spiro atoms. The van der Waals surface area contributed by atoms with Crippen LogP contribution in [-0.2, 0) is 17.8 Å². The van der Waals surface area contributed by atoms with Gasteiger partial charge in [0.25, 0.3) is 0 Å². The molecule has 0 bridgehead atoms. The maximum Gasteiger partial charge on any atom is 0.230 e. The molecule has 1 heterocycles. The van der Waals surface area contributed by atoms with Crippen molar-refractivity contribution in [3.63, 3.8) is 0 Å². The van der Waals surface area contributed by atoms with Crippen LogP contribution in [-0.4, -0.2) is 53.3 Å². The monoisotopic (exact) mass is 484 g/mol. The lowest BCUT2D eigenvalue weighted by Gasteiger charge is -2.14. The number of carbonyl (C=O) groups excluding carboxylic acids is 1. The van der Waals surface area contributed by atoms with Crippen LogP contribution in [0.15, 0.2) is 47.6 Å². The summed E-state index contributed by atoms with van der Waals surface area (Å²) in [5.74, 6) is 3.27. The lowest BCUT2D eigenvalue weighted by atomic mass is 10.1. The molecular formula is C25H32N4O4S. The molecule has 8 nitrogen and oxygen atoms in total. The number of hydrogen-bond acceptors (Lipinski definition) is 7. The first-order valence-electron chi connectivity index (χ1n) is 11.4. The summed E-state index contributed by atoms with van der Waals surface area (Å²) in [7, 11) is 1.64. The molecule has 1 amide bonds. The van der Waals surface area contributed by atoms with E-state index in [4.69, 9.17) is 14.2 Å². The van der Waals surface area contributed by atoms with E-state index in [1.54, 1.807) is 7.11 Å². The van der Waals surface area contributed by atoms with Gasteiger partial charge in [-0.25, -0.2) is 0 Å². The van der Waals surface area contributed by atoms with Crippen LogP contribution in [0.3, 0.4) is 0 Å². The average Bonchev–Trinajstić information content (AvgIpc) is 3.26. The number of benzene rings is 2. The van der Waals surface area contributed by atoms with E-state index < -0.39 is 0 Å². The summed E-state index contributed by atoms with van der Waals surface area (Å²) in [4.78, 5) is 12.0. The van der Waals surface area contributed by atoms with Crippen molar-refractivity contribution in [1.82, 2.24) is 20.1 Å². The van der Waals surface area contributed by atoms with Crippen LogP contribution in [0.4, 0.5) is 0 Å². The van der Waals surface area contributed by atoms with Gasteiger partial charge in [-0.15, -0.1) is 10.2 Å². The van der Waals surface area contributed by atoms with Gasteiger partial charge in [-0.1, -0.05) is 17.8 Å². The summed E-state index contributed by atoms with van der Waals surface area (Å²) in [6.45, 7) is 8.21. The first-order valence-corrected chi connectivity index (χ1v) is 12.4. The number of nitrogens with one attached hydrogen (secondary N) is 1. The molecule has 0 aliphatic carbocycles. The van der Waals surface area contributed by atoms with Crippen LogP contribution in [0.5, 0.6) is 17.2 Å². The van der Waals surface area contributed by atoms with E-state index >= 15 is 0 Å². The van der Waals surface area contributed by atoms with Crippen molar-refractivity contribution in [3.05, 3.63) is 48.0 Å². The molecule has 0 atom stereocenters. The van der Waals surface area contributed by atoms with Crippen LogP contribution in [0.1, 0.15) is 26.3 Å². The maximum atomic E-state index is 12.0. The minimum atomic E-state index is -0.0269. The van der Waals surface area contributed by atoms with Crippen LogP contribution in [0.25, 0.3) is 11.4 Å². The zero-order valence-electron chi connectivity index (χ0n) is 20.2. The predicted octanol–water partition coefficient (Wildman–Crippen LogP) is 4.22. The lowest BCUT2D eigenvalue weighted by Crippen LogP contribution is -2.24. The Morgan fingerprint density at radius 2 is 1.74 bits per heavy atom. The zero-order valence-corrected chi connectivity index (χ0v) is 21.0. The van der Waals surface area contributed by atoms with Crippen molar-refractivity contribution in [2.24, 2.45) is 0 Å². The molecule has 3 rings (SSSR count). The number of amides is 1. The molecule has 0 aliphatic rings. The third-order valence-corrected chi connectivity index (χ3v) is 5.97. The molecule has 1 N–H and O–H groups in total. The fraction of sp³-hybridized carbons (Fsp3) is 0.400. The molecule has 0 fully saturated rings. The van der Waals surface area contributed by atoms with Gasteiger partial charge in [-0.3, -0.25) is 4.79 Å². The van der Waals surface area contributed by atoms with Gasteiger partial charge in [0.1, 0.15) is 5.75 Å². The first-order chi connectivity index (χ1) is 16.6. The molecule has 0 radical (unpaired) electrons.